The number of cyclic esters (lactones) is 1. The minimum absolute atomic E-state index is 0.338. The standard InChI is InChI=1S/C14H11NO4/c1-8-6-7-11(14(18)19-8)15-12(16)9-4-2-3-5-10(9)13(15)17/h2-5,11H,1,6-7H2/t11-/m1/s1. The lowest BCUT2D eigenvalue weighted by Gasteiger charge is -2.28. The minimum atomic E-state index is -0.849. The average molecular weight is 257 g/mol. The highest BCUT2D eigenvalue weighted by Gasteiger charge is 2.44. The summed E-state index contributed by atoms with van der Waals surface area (Å²) in [6, 6.07) is 5.70. The topological polar surface area (TPSA) is 63.7 Å². The maximum Gasteiger partial charge on any atom is 0.334 e. The first kappa shape index (κ1) is 11.6. The van der Waals surface area contributed by atoms with Crippen LogP contribution in [0.4, 0.5) is 0 Å². The van der Waals surface area contributed by atoms with Gasteiger partial charge in [0.25, 0.3) is 11.8 Å². The van der Waals surface area contributed by atoms with Crippen LogP contribution in [0.3, 0.4) is 0 Å². The normalized spacial score (nSPS) is 22.5. The fourth-order valence-corrected chi connectivity index (χ4v) is 2.40. The number of carbonyl (C=O) groups is 3. The molecule has 2 amide bonds. The Labute approximate surface area is 109 Å². The lowest BCUT2D eigenvalue weighted by atomic mass is 10.1. The number of carbonyl (C=O) groups excluding carboxylic acids is 3. The number of allylic oxidation sites excluding steroid dienone is 1. The second-order valence-corrected chi connectivity index (χ2v) is 4.54. The zero-order chi connectivity index (χ0) is 13.6. The molecular weight excluding hydrogens is 246 g/mol. The molecule has 19 heavy (non-hydrogen) atoms. The van der Waals surface area contributed by atoms with Crippen LogP contribution in [0.1, 0.15) is 33.6 Å². The second-order valence-electron chi connectivity index (χ2n) is 4.54. The van der Waals surface area contributed by atoms with Crippen LogP contribution in [0, 0.1) is 0 Å². The number of amides is 2. The SMILES string of the molecule is C=C1CC[C@@H](N2C(=O)c3ccccc3C2=O)C(=O)O1. The van der Waals surface area contributed by atoms with Crippen molar-refractivity contribution in [3.05, 3.63) is 47.7 Å². The number of rotatable bonds is 1. The van der Waals surface area contributed by atoms with E-state index in [1.807, 2.05) is 0 Å². The van der Waals surface area contributed by atoms with Gasteiger partial charge in [-0.15, -0.1) is 0 Å². The summed E-state index contributed by atoms with van der Waals surface area (Å²) in [6.07, 6.45) is 0.826. The molecule has 96 valence electrons. The van der Waals surface area contributed by atoms with Gasteiger partial charge in [-0.25, -0.2) is 4.79 Å². The number of hydrogen-bond donors (Lipinski definition) is 0. The summed E-state index contributed by atoms with van der Waals surface area (Å²) in [5, 5.41) is 0. The molecule has 1 aromatic rings. The Balaban J connectivity index is 1.96. The van der Waals surface area contributed by atoms with Crippen molar-refractivity contribution in [2.24, 2.45) is 0 Å². The fourth-order valence-electron chi connectivity index (χ4n) is 2.40. The number of hydrogen-bond acceptors (Lipinski definition) is 4. The van der Waals surface area contributed by atoms with Gasteiger partial charge in [0, 0.05) is 6.42 Å². The number of imide groups is 1. The van der Waals surface area contributed by atoms with E-state index in [0.29, 0.717) is 29.7 Å². The summed E-state index contributed by atoms with van der Waals surface area (Å²) in [7, 11) is 0. The van der Waals surface area contributed by atoms with Crippen LogP contribution in [-0.2, 0) is 9.53 Å². The van der Waals surface area contributed by atoms with Crippen molar-refractivity contribution in [2.45, 2.75) is 18.9 Å². The maximum absolute atomic E-state index is 12.2. The van der Waals surface area contributed by atoms with Crippen molar-refractivity contribution in [1.29, 1.82) is 0 Å². The molecule has 0 aliphatic carbocycles. The highest BCUT2D eigenvalue weighted by molar-refractivity contribution is 6.22. The van der Waals surface area contributed by atoms with Gasteiger partial charge in [0.2, 0.25) is 0 Å². The maximum atomic E-state index is 12.2. The largest absolute Gasteiger partial charge is 0.430 e. The third kappa shape index (κ3) is 1.66. The van der Waals surface area contributed by atoms with Gasteiger partial charge in [-0.2, -0.15) is 0 Å². The molecule has 0 bridgehead atoms. The summed E-state index contributed by atoms with van der Waals surface area (Å²) in [5.41, 5.74) is 0.675. The predicted molar refractivity (Wildman–Crippen MR) is 65.2 cm³/mol. The molecule has 2 aliphatic heterocycles. The Morgan fingerprint density at radius 1 is 1.11 bits per heavy atom. The van der Waals surface area contributed by atoms with E-state index < -0.39 is 23.8 Å². The molecular formula is C14H11NO4. The number of fused-ring (bicyclic) bond motifs is 1. The second kappa shape index (κ2) is 4.05. The third-order valence-electron chi connectivity index (χ3n) is 3.35. The summed E-state index contributed by atoms with van der Waals surface area (Å²) >= 11 is 0. The number of esters is 1. The monoisotopic (exact) mass is 257 g/mol. The molecule has 1 saturated heterocycles. The van der Waals surface area contributed by atoms with Gasteiger partial charge in [-0.3, -0.25) is 14.5 Å². The lowest BCUT2D eigenvalue weighted by Crippen LogP contribution is -2.47. The Morgan fingerprint density at radius 3 is 2.21 bits per heavy atom. The Kier molecular flexibility index (Phi) is 2.48. The van der Waals surface area contributed by atoms with Gasteiger partial charge in [0.05, 0.1) is 11.1 Å². The summed E-state index contributed by atoms with van der Waals surface area (Å²) in [4.78, 5) is 37.2. The van der Waals surface area contributed by atoms with Crippen LogP contribution in [-0.4, -0.2) is 28.7 Å². The van der Waals surface area contributed by atoms with Gasteiger partial charge < -0.3 is 4.74 Å². The van der Waals surface area contributed by atoms with Crippen LogP contribution in [0.2, 0.25) is 0 Å². The summed E-state index contributed by atoms with van der Waals surface area (Å²) in [5.74, 6) is -1.09. The van der Waals surface area contributed by atoms with Crippen LogP contribution in [0.5, 0.6) is 0 Å². The van der Waals surface area contributed by atoms with Crippen LogP contribution < -0.4 is 0 Å². The zero-order valence-electron chi connectivity index (χ0n) is 10.1. The molecule has 2 heterocycles. The minimum Gasteiger partial charge on any atom is -0.430 e. The Bertz CT molecular complexity index is 585. The van der Waals surface area contributed by atoms with Crippen molar-refractivity contribution in [3.8, 4) is 0 Å². The van der Waals surface area contributed by atoms with Gasteiger partial charge >= 0.3 is 5.97 Å². The van der Waals surface area contributed by atoms with Crippen LogP contribution >= 0.6 is 0 Å². The van der Waals surface area contributed by atoms with E-state index in [1.54, 1.807) is 24.3 Å². The molecule has 0 saturated carbocycles. The van der Waals surface area contributed by atoms with Gasteiger partial charge in [0.15, 0.2) is 0 Å². The molecule has 1 aromatic carbocycles. The molecule has 0 radical (unpaired) electrons. The quantitative estimate of drug-likeness (QED) is 0.565. The molecule has 0 spiro atoms. The zero-order valence-corrected chi connectivity index (χ0v) is 10.1. The van der Waals surface area contributed by atoms with E-state index in [0.717, 1.165) is 4.90 Å². The van der Waals surface area contributed by atoms with Gasteiger partial charge in [-0.05, 0) is 18.6 Å². The number of benzene rings is 1. The fraction of sp³-hybridized carbons (Fsp3) is 0.214. The van der Waals surface area contributed by atoms with E-state index in [2.05, 4.69) is 6.58 Å². The highest BCUT2D eigenvalue weighted by Crippen LogP contribution is 2.29. The number of ether oxygens (including phenoxy) is 1. The Morgan fingerprint density at radius 2 is 1.68 bits per heavy atom. The summed E-state index contributed by atoms with van der Waals surface area (Å²) < 4.78 is 4.93. The lowest BCUT2D eigenvalue weighted by molar-refractivity contribution is -0.147. The molecule has 0 aromatic heterocycles. The van der Waals surface area contributed by atoms with Gasteiger partial charge in [-0.1, -0.05) is 18.7 Å². The number of nitrogens with zero attached hydrogens (tertiary/aromatic N) is 1. The smallest absolute Gasteiger partial charge is 0.334 e. The average Bonchev–Trinajstić information content (AvgIpc) is 2.64. The van der Waals surface area contributed by atoms with Crippen molar-refractivity contribution in [2.75, 3.05) is 0 Å². The molecule has 1 atom stereocenters. The van der Waals surface area contributed by atoms with E-state index >= 15 is 0 Å². The molecule has 0 N–H and O–H groups in total. The van der Waals surface area contributed by atoms with E-state index in [4.69, 9.17) is 4.74 Å². The predicted octanol–water partition coefficient (Wildman–Crippen LogP) is 1.50. The van der Waals surface area contributed by atoms with Crippen molar-refractivity contribution < 1.29 is 19.1 Å². The van der Waals surface area contributed by atoms with Crippen molar-refractivity contribution in [3.63, 3.8) is 0 Å². The Hall–Kier alpha value is -2.43. The molecule has 0 unspecified atom stereocenters. The molecule has 5 heteroatoms. The first-order valence-corrected chi connectivity index (χ1v) is 5.96. The molecule has 1 fully saturated rings. The van der Waals surface area contributed by atoms with Crippen LogP contribution in [0.25, 0.3) is 0 Å². The van der Waals surface area contributed by atoms with Crippen molar-refractivity contribution >= 4 is 17.8 Å². The molecule has 5 nitrogen and oxygen atoms in total. The molecule has 2 aliphatic rings. The highest BCUT2D eigenvalue weighted by atomic mass is 16.5. The van der Waals surface area contributed by atoms with E-state index in [-0.39, 0.29) is 0 Å². The third-order valence-corrected chi connectivity index (χ3v) is 3.35. The van der Waals surface area contributed by atoms with E-state index in [1.165, 1.54) is 0 Å². The molecule has 3 rings (SSSR count). The van der Waals surface area contributed by atoms with E-state index in [9.17, 15) is 14.4 Å². The first-order valence-electron chi connectivity index (χ1n) is 5.96. The van der Waals surface area contributed by atoms with Crippen molar-refractivity contribution in [1.82, 2.24) is 4.90 Å². The first-order chi connectivity index (χ1) is 9.09. The van der Waals surface area contributed by atoms with Gasteiger partial charge in [0.1, 0.15) is 11.8 Å². The summed E-state index contributed by atoms with van der Waals surface area (Å²) in [6.45, 7) is 3.57. The van der Waals surface area contributed by atoms with Crippen LogP contribution in [0.15, 0.2) is 36.6 Å².